The molecular formula is C12H27NO2. The standard InChI is InChI=1S/C12H27NO2/c1-9(2)5-4-6-10(3)11(14)7-8-12(13)15/h9-12,14-15H,4-8,13H2,1-3H3/t10-,11+,12-/m0/s1. The van der Waals surface area contributed by atoms with E-state index in [-0.39, 0.29) is 6.10 Å². The van der Waals surface area contributed by atoms with Crippen molar-refractivity contribution in [2.75, 3.05) is 0 Å². The van der Waals surface area contributed by atoms with E-state index in [4.69, 9.17) is 10.8 Å². The smallest absolute Gasteiger partial charge is 0.102 e. The van der Waals surface area contributed by atoms with Crippen LogP contribution >= 0.6 is 0 Å². The van der Waals surface area contributed by atoms with Gasteiger partial charge in [0.2, 0.25) is 0 Å². The van der Waals surface area contributed by atoms with Crippen molar-refractivity contribution in [3.63, 3.8) is 0 Å². The lowest BCUT2D eigenvalue weighted by atomic mass is 9.93. The predicted molar refractivity (Wildman–Crippen MR) is 63.3 cm³/mol. The largest absolute Gasteiger partial charge is 0.393 e. The molecule has 15 heavy (non-hydrogen) atoms. The van der Waals surface area contributed by atoms with Crippen molar-refractivity contribution < 1.29 is 10.2 Å². The molecule has 0 aliphatic carbocycles. The summed E-state index contributed by atoms with van der Waals surface area (Å²) in [6.07, 6.45) is 3.41. The quantitative estimate of drug-likeness (QED) is 0.544. The Balaban J connectivity index is 3.55. The molecule has 0 saturated carbocycles. The van der Waals surface area contributed by atoms with Crippen molar-refractivity contribution in [3.8, 4) is 0 Å². The van der Waals surface area contributed by atoms with E-state index in [1.807, 2.05) is 0 Å². The van der Waals surface area contributed by atoms with Crippen LogP contribution in [0.4, 0.5) is 0 Å². The molecule has 0 unspecified atom stereocenters. The van der Waals surface area contributed by atoms with Crippen LogP contribution in [0.3, 0.4) is 0 Å². The van der Waals surface area contributed by atoms with E-state index in [0.717, 1.165) is 12.3 Å². The van der Waals surface area contributed by atoms with Crippen molar-refractivity contribution in [2.24, 2.45) is 17.6 Å². The summed E-state index contributed by atoms with van der Waals surface area (Å²) < 4.78 is 0. The third-order valence-electron chi connectivity index (χ3n) is 2.86. The van der Waals surface area contributed by atoms with Gasteiger partial charge in [0.05, 0.1) is 6.10 Å². The molecule has 0 saturated heterocycles. The van der Waals surface area contributed by atoms with Crippen LogP contribution in [0, 0.1) is 11.8 Å². The Morgan fingerprint density at radius 1 is 0.933 bits per heavy atom. The molecule has 0 aromatic rings. The fraction of sp³-hybridized carbons (Fsp3) is 1.00. The molecule has 3 nitrogen and oxygen atoms in total. The van der Waals surface area contributed by atoms with E-state index in [9.17, 15) is 5.11 Å². The van der Waals surface area contributed by atoms with Gasteiger partial charge in [-0.1, -0.05) is 33.6 Å². The van der Waals surface area contributed by atoms with Gasteiger partial charge < -0.3 is 15.9 Å². The molecule has 3 atom stereocenters. The van der Waals surface area contributed by atoms with Crippen LogP contribution in [0.25, 0.3) is 0 Å². The SMILES string of the molecule is CC(C)CCC[C@H](C)[C@H](O)CC[C@@H](N)O. The van der Waals surface area contributed by atoms with E-state index >= 15 is 0 Å². The molecular weight excluding hydrogens is 190 g/mol. The zero-order valence-corrected chi connectivity index (χ0v) is 10.3. The summed E-state index contributed by atoms with van der Waals surface area (Å²) in [5.74, 6) is 1.04. The topological polar surface area (TPSA) is 66.5 Å². The number of hydrogen-bond acceptors (Lipinski definition) is 3. The predicted octanol–water partition coefficient (Wildman–Crippen LogP) is 1.87. The van der Waals surface area contributed by atoms with Gasteiger partial charge in [0.15, 0.2) is 0 Å². The zero-order chi connectivity index (χ0) is 11.8. The third-order valence-corrected chi connectivity index (χ3v) is 2.86. The molecule has 92 valence electrons. The number of rotatable bonds is 8. The summed E-state index contributed by atoms with van der Waals surface area (Å²) >= 11 is 0. The van der Waals surface area contributed by atoms with E-state index in [0.29, 0.717) is 18.8 Å². The summed E-state index contributed by atoms with van der Waals surface area (Å²) in [4.78, 5) is 0. The van der Waals surface area contributed by atoms with Crippen molar-refractivity contribution in [1.29, 1.82) is 0 Å². The minimum atomic E-state index is -0.789. The lowest BCUT2D eigenvalue weighted by molar-refractivity contribution is 0.0768. The molecule has 0 aromatic carbocycles. The highest BCUT2D eigenvalue weighted by atomic mass is 16.3. The van der Waals surface area contributed by atoms with Gasteiger partial charge in [0.1, 0.15) is 6.23 Å². The maximum absolute atomic E-state index is 9.77. The maximum atomic E-state index is 9.77. The molecule has 0 heterocycles. The van der Waals surface area contributed by atoms with E-state index in [2.05, 4.69) is 20.8 Å². The lowest BCUT2D eigenvalue weighted by Crippen LogP contribution is -2.24. The van der Waals surface area contributed by atoms with Crippen LogP contribution in [-0.2, 0) is 0 Å². The summed E-state index contributed by atoms with van der Waals surface area (Å²) in [6, 6.07) is 0. The number of aliphatic hydroxyl groups is 2. The normalized spacial score (nSPS) is 17.8. The molecule has 0 aromatic heterocycles. The fourth-order valence-electron chi connectivity index (χ4n) is 1.67. The summed E-state index contributed by atoms with van der Waals surface area (Å²) in [6.45, 7) is 6.49. The van der Waals surface area contributed by atoms with Crippen molar-refractivity contribution in [3.05, 3.63) is 0 Å². The van der Waals surface area contributed by atoms with Gasteiger partial charge in [0.25, 0.3) is 0 Å². The van der Waals surface area contributed by atoms with Gasteiger partial charge in [-0.25, -0.2) is 0 Å². The second-order valence-corrected chi connectivity index (χ2v) is 5.01. The van der Waals surface area contributed by atoms with Crippen molar-refractivity contribution >= 4 is 0 Å². The lowest BCUT2D eigenvalue weighted by Gasteiger charge is -2.19. The molecule has 0 spiro atoms. The highest BCUT2D eigenvalue weighted by Crippen LogP contribution is 2.18. The van der Waals surface area contributed by atoms with Gasteiger partial charge in [-0.05, 0) is 31.1 Å². The minimum Gasteiger partial charge on any atom is -0.393 e. The van der Waals surface area contributed by atoms with E-state index in [1.165, 1.54) is 12.8 Å². The van der Waals surface area contributed by atoms with Crippen LogP contribution in [0.5, 0.6) is 0 Å². The average Bonchev–Trinajstić information content (AvgIpc) is 2.13. The Bertz CT molecular complexity index is 149. The van der Waals surface area contributed by atoms with Crippen molar-refractivity contribution in [1.82, 2.24) is 0 Å². The first kappa shape index (κ1) is 14.9. The Morgan fingerprint density at radius 2 is 1.53 bits per heavy atom. The van der Waals surface area contributed by atoms with Gasteiger partial charge in [0, 0.05) is 0 Å². The third kappa shape index (κ3) is 8.85. The van der Waals surface area contributed by atoms with E-state index in [1.54, 1.807) is 0 Å². The molecule has 0 rings (SSSR count). The molecule has 0 amide bonds. The summed E-state index contributed by atoms with van der Waals surface area (Å²) in [5.41, 5.74) is 5.23. The molecule has 3 heteroatoms. The van der Waals surface area contributed by atoms with Crippen LogP contribution in [0.2, 0.25) is 0 Å². The van der Waals surface area contributed by atoms with Crippen molar-refractivity contribution in [2.45, 2.75) is 65.2 Å². The molecule has 0 fully saturated rings. The number of nitrogens with two attached hydrogens (primary N) is 1. The molecule has 0 aliphatic rings. The monoisotopic (exact) mass is 217 g/mol. The second-order valence-electron chi connectivity index (χ2n) is 5.01. The van der Waals surface area contributed by atoms with Gasteiger partial charge in [-0.2, -0.15) is 0 Å². The average molecular weight is 217 g/mol. The minimum absolute atomic E-state index is 0.308. The Morgan fingerprint density at radius 3 is 2.00 bits per heavy atom. The number of aliphatic hydroxyl groups excluding tert-OH is 2. The second kappa shape index (κ2) is 8.08. The summed E-state index contributed by atoms with van der Waals surface area (Å²) in [7, 11) is 0. The van der Waals surface area contributed by atoms with Gasteiger partial charge in [-0.3, -0.25) is 0 Å². The molecule has 4 N–H and O–H groups in total. The van der Waals surface area contributed by atoms with E-state index < -0.39 is 6.23 Å². The first-order valence-corrected chi connectivity index (χ1v) is 6.05. The molecule has 0 radical (unpaired) electrons. The van der Waals surface area contributed by atoms with Crippen LogP contribution in [-0.4, -0.2) is 22.5 Å². The zero-order valence-electron chi connectivity index (χ0n) is 10.3. The maximum Gasteiger partial charge on any atom is 0.102 e. The van der Waals surface area contributed by atoms with Crippen LogP contribution in [0.15, 0.2) is 0 Å². The molecule has 0 bridgehead atoms. The summed E-state index contributed by atoms with van der Waals surface area (Å²) in [5, 5.41) is 18.7. The van der Waals surface area contributed by atoms with Gasteiger partial charge >= 0.3 is 0 Å². The first-order chi connectivity index (χ1) is 6.93. The fourth-order valence-corrected chi connectivity index (χ4v) is 1.67. The first-order valence-electron chi connectivity index (χ1n) is 6.05. The highest BCUT2D eigenvalue weighted by Gasteiger charge is 2.14. The Labute approximate surface area is 93.7 Å². The van der Waals surface area contributed by atoms with Crippen LogP contribution < -0.4 is 5.73 Å². The van der Waals surface area contributed by atoms with Crippen LogP contribution in [0.1, 0.15) is 52.9 Å². The Kier molecular flexibility index (Phi) is 8.02. The highest BCUT2D eigenvalue weighted by molar-refractivity contribution is 4.66. The number of hydrogen-bond donors (Lipinski definition) is 3. The Hall–Kier alpha value is -0.120. The van der Waals surface area contributed by atoms with Gasteiger partial charge in [-0.15, -0.1) is 0 Å². The molecule has 0 aliphatic heterocycles.